The Kier molecular flexibility index (Phi) is 6.08. The van der Waals surface area contributed by atoms with Gasteiger partial charge in [-0.3, -0.25) is 9.80 Å². The molecular formula is C16H16Cl2N4O3. The molecule has 0 fully saturated rings. The second-order valence-corrected chi connectivity index (χ2v) is 5.85. The van der Waals surface area contributed by atoms with Gasteiger partial charge in [0.2, 0.25) is 0 Å². The Morgan fingerprint density at radius 3 is 2.40 bits per heavy atom. The fourth-order valence-corrected chi connectivity index (χ4v) is 2.23. The molecule has 0 saturated carbocycles. The van der Waals surface area contributed by atoms with Crippen molar-refractivity contribution in [2.24, 2.45) is 5.84 Å². The first kappa shape index (κ1) is 18.9. The zero-order valence-corrected chi connectivity index (χ0v) is 15.0. The molecule has 2 rings (SSSR count). The Hall–Kier alpha value is -2.48. The normalized spacial score (nSPS) is 10.1. The van der Waals surface area contributed by atoms with Crippen LogP contribution in [0.15, 0.2) is 36.4 Å². The lowest BCUT2D eigenvalue weighted by atomic mass is 10.1. The number of nitrogens with zero attached hydrogens (tertiary/aromatic N) is 1. The summed E-state index contributed by atoms with van der Waals surface area (Å²) in [6.45, 7) is 0. The summed E-state index contributed by atoms with van der Waals surface area (Å²) in [6, 6.07) is 8.80. The fraction of sp³-hybridized carbons (Fsp3) is 0.125. The van der Waals surface area contributed by atoms with Crippen LogP contribution in [0.2, 0.25) is 10.0 Å². The van der Waals surface area contributed by atoms with Gasteiger partial charge in [-0.15, -0.1) is 0 Å². The number of hydrogen-bond acceptors (Lipinski definition) is 4. The van der Waals surface area contributed by atoms with Crippen LogP contribution in [0.25, 0.3) is 0 Å². The first-order valence-electron chi connectivity index (χ1n) is 7.05. The molecule has 0 aliphatic heterocycles. The maximum absolute atomic E-state index is 12.4. The van der Waals surface area contributed by atoms with E-state index in [9.17, 15) is 9.59 Å². The molecule has 4 N–H and O–H groups in total. The number of methoxy groups -OCH3 is 1. The van der Waals surface area contributed by atoms with E-state index in [1.54, 1.807) is 24.3 Å². The quantitative estimate of drug-likeness (QED) is 0.427. The summed E-state index contributed by atoms with van der Waals surface area (Å²) in [7, 11) is 2.84. The Balaban J connectivity index is 2.24. The lowest BCUT2D eigenvalue weighted by molar-refractivity contribution is 0.102. The Labute approximate surface area is 154 Å². The van der Waals surface area contributed by atoms with Gasteiger partial charge in [-0.05, 0) is 36.4 Å². The van der Waals surface area contributed by atoms with E-state index in [2.05, 4.69) is 10.6 Å². The summed E-state index contributed by atoms with van der Waals surface area (Å²) in [5.74, 6) is 5.38. The number of hydrogen-bond donors (Lipinski definition) is 3. The van der Waals surface area contributed by atoms with Crippen LogP contribution >= 0.6 is 23.2 Å². The highest BCUT2D eigenvalue weighted by Crippen LogP contribution is 2.28. The van der Waals surface area contributed by atoms with Gasteiger partial charge in [0.25, 0.3) is 5.91 Å². The molecule has 9 heteroatoms. The lowest BCUT2D eigenvalue weighted by Gasteiger charge is -2.15. The summed E-state index contributed by atoms with van der Waals surface area (Å²) in [4.78, 5) is 24.1. The third-order valence-electron chi connectivity index (χ3n) is 3.20. The van der Waals surface area contributed by atoms with Crippen molar-refractivity contribution in [2.45, 2.75) is 0 Å². The van der Waals surface area contributed by atoms with E-state index in [0.29, 0.717) is 32.7 Å². The van der Waals surface area contributed by atoms with Gasteiger partial charge >= 0.3 is 6.03 Å². The molecule has 0 aliphatic rings. The van der Waals surface area contributed by atoms with E-state index in [-0.39, 0.29) is 0 Å². The van der Waals surface area contributed by atoms with Crippen molar-refractivity contribution in [3.63, 3.8) is 0 Å². The van der Waals surface area contributed by atoms with Crippen LogP contribution in [0.3, 0.4) is 0 Å². The van der Waals surface area contributed by atoms with Gasteiger partial charge in [-0.25, -0.2) is 10.6 Å². The molecule has 0 bridgehead atoms. The van der Waals surface area contributed by atoms with Crippen molar-refractivity contribution < 1.29 is 14.3 Å². The topological polar surface area (TPSA) is 96.7 Å². The summed E-state index contributed by atoms with van der Waals surface area (Å²) in [6.07, 6.45) is 0. The van der Waals surface area contributed by atoms with Gasteiger partial charge in [-0.1, -0.05) is 23.2 Å². The van der Waals surface area contributed by atoms with E-state index in [4.69, 9.17) is 33.8 Å². The van der Waals surface area contributed by atoms with Crippen molar-refractivity contribution in [1.82, 2.24) is 5.01 Å². The number of halogens is 2. The number of carbonyl (C=O) groups is 2. The predicted molar refractivity (Wildman–Crippen MR) is 98.4 cm³/mol. The molecule has 0 atom stereocenters. The van der Waals surface area contributed by atoms with Gasteiger partial charge in [0.05, 0.1) is 22.8 Å². The number of nitrogens with one attached hydrogen (secondary N) is 2. The molecular weight excluding hydrogens is 367 g/mol. The number of benzene rings is 2. The van der Waals surface area contributed by atoms with Gasteiger partial charge in [0, 0.05) is 18.3 Å². The van der Waals surface area contributed by atoms with Crippen LogP contribution in [0, 0.1) is 0 Å². The first-order valence-corrected chi connectivity index (χ1v) is 7.81. The minimum absolute atomic E-state index is 0.307. The third-order valence-corrected chi connectivity index (χ3v) is 3.94. The molecule has 0 saturated heterocycles. The molecule has 2 aromatic carbocycles. The molecule has 0 unspecified atom stereocenters. The number of amides is 3. The molecule has 25 heavy (non-hydrogen) atoms. The third kappa shape index (κ3) is 4.76. The molecule has 0 aromatic heterocycles. The number of anilines is 2. The van der Waals surface area contributed by atoms with Crippen LogP contribution in [0.1, 0.15) is 10.4 Å². The Morgan fingerprint density at radius 1 is 1.08 bits per heavy atom. The number of nitrogens with two attached hydrogens (primary N) is 1. The standard InChI is InChI=1S/C16H16Cl2N4O3/c1-22(19)16(24)21-13-7-9(3-6-14(13)25-2)15(23)20-10-4-5-11(17)12(18)8-10/h3-8H,19H2,1-2H3,(H,20,23)(H,21,24). The van der Waals surface area contributed by atoms with Crippen LogP contribution < -0.4 is 21.2 Å². The van der Waals surface area contributed by atoms with Crippen molar-refractivity contribution in [3.05, 3.63) is 52.0 Å². The van der Waals surface area contributed by atoms with Crippen molar-refractivity contribution in [1.29, 1.82) is 0 Å². The van der Waals surface area contributed by atoms with E-state index in [1.165, 1.54) is 26.3 Å². The van der Waals surface area contributed by atoms with E-state index < -0.39 is 11.9 Å². The van der Waals surface area contributed by atoms with Crippen LogP contribution in [0.5, 0.6) is 5.75 Å². The average molecular weight is 383 g/mol. The van der Waals surface area contributed by atoms with Gasteiger partial charge < -0.3 is 15.4 Å². The minimum Gasteiger partial charge on any atom is -0.495 e. The van der Waals surface area contributed by atoms with Crippen LogP contribution in [0.4, 0.5) is 16.2 Å². The number of hydrazine groups is 1. The first-order chi connectivity index (χ1) is 11.8. The van der Waals surface area contributed by atoms with E-state index in [0.717, 1.165) is 5.01 Å². The average Bonchev–Trinajstić information content (AvgIpc) is 2.58. The number of carbonyl (C=O) groups excluding carboxylic acids is 2. The highest BCUT2D eigenvalue weighted by Gasteiger charge is 2.14. The smallest absolute Gasteiger partial charge is 0.335 e. The molecule has 0 spiro atoms. The second-order valence-electron chi connectivity index (χ2n) is 5.04. The maximum Gasteiger partial charge on any atom is 0.335 e. The predicted octanol–water partition coefficient (Wildman–Crippen LogP) is 3.59. The zero-order chi connectivity index (χ0) is 18.6. The largest absolute Gasteiger partial charge is 0.495 e. The summed E-state index contributed by atoms with van der Waals surface area (Å²) in [5.41, 5.74) is 1.11. The molecule has 2 aromatic rings. The molecule has 0 radical (unpaired) electrons. The van der Waals surface area contributed by atoms with Gasteiger partial charge in [0.15, 0.2) is 0 Å². The molecule has 132 valence electrons. The van der Waals surface area contributed by atoms with Crippen LogP contribution in [-0.2, 0) is 0 Å². The van der Waals surface area contributed by atoms with Gasteiger partial charge in [-0.2, -0.15) is 0 Å². The minimum atomic E-state index is -0.555. The SMILES string of the molecule is COc1ccc(C(=O)Nc2ccc(Cl)c(Cl)c2)cc1NC(=O)N(C)N. The number of rotatable bonds is 4. The van der Waals surface area contributed by atoms with Gasteiger partial charge in [0.1, 0.15) is 5.75 Å². The molecule has 7 nitrogen and oxygen atoms in total. The van der Waals surface area contributed by atoms with E-state index in [1.807, 2.05) is 0 Å². The summed E-state index contributed by atoms with van der Waals surface area (Å²) >= 11 is 11.8. The molecule has 0 aliphatic carbocycles. The fourth-order valence-electron chi connectivity index (χ4n) is 1.93. The monoisotopic (exact) mass is 382 g/mol. The summed E-state index contributed by atoms with van der Waals surface area (Å²) in [5, 5.41) is 6.84. The zero-order valence-electron chi connectivity index (χ0n) is 13.5. The number of urea groups is 1. The summed E-state index contributed by atoms with van der Waals surface area (Å²) < 4.78 is 5.17. The highest BCUT2D eigenvalue weighted by molar-refractivity contribution is 6.42. The second kappa shape index (κ2) is 8.06. The van der Waals surface area contributed by atoms with E-state index >= 15 is 0 Å². The van der Waals surface area contributed by atoms with Crippen LogP contribution in [-0.4, -0.2) is 31.1 Å². The molecule has 0 heterocycles. The number of ether oxygens (including phenoxy) is 1. The van der Waals surface area contributed by atoms with Crippen molar-refractivity contribution >= 4 is 46.5 Å². The maximum atomic E-state index is 12.4. The highest BCUT2D eigenvalue weighted by atomic mass is 35.5. The van der Waals surface area contributed by atoms with Crippen molar-refractivity contribution in [2.75, 3.05) is 24.8 Å². The van der Waals surface area contributed by atoms with Crippen molar-refractivity contribution in [3.8, 4) is 5.75 Å². The Morgan fingerprint density at radius 2 is 1.80 bits per heavy atom. The molecule has 3 amide bonds. The lowest BCUT2D eigenvalue weighted by Crippen LogP contribution is -2.36. The Bertz CT molecular complexity index is 812.